The summed E-state index contributed by atoms with van der Waals surface area (Å²) >= 11 is 0. The van der Waals surface area contributed by atoms with Crippen LogP contribution in [0.15, 0.2) is 0 Å². The zero-order chi connectivity index (χ0) is 10.5. The number of ether oxygens (including phenoxy) is 1. The highest BCUT2D eigenvalue weighted by Gasteiger charge is 2.25. The molecule has 0 bridgehead atoms. The maximum atomic E-state index is 11.2. The van der Waals surface area contributed by atoms with E-state index < -0.39 is 18.2 Å². The van der Waals surface area contributed by atoms with E-state index in [0.717, 1.165) is 0 Å². The molecular formula is C8H15NO4. The van der Waals surface area contributed by atoms with Crippen molar-refractivity contribution in [1.82, 2.24) is 0 Å². The van der Waals surface area contributed by atoms with Gasteiger partial charge in [-0.05, 0) is 13.8 Å². The third-order valence-electron chi connectivity index (χ3n) is 1.58. The summed E-state index contributed by atoms with van der Waals surface area (Å²) in [6.07, 6.45) is 0.00741. The van der Waals surface area contributed by atoms with Gasteiger partial charge in [0.25, 0.3) is 6.47 Å². The molecule has 5 heteroatoms. The summed E-state index contributed by atoms with van der Waals surface area (Å²) in [5.41, 5.74) is 4.42. The summed E-state index contributed by atoms with van der Waals surface area (Å²) in [4.78, 5) is 21.2. The largest absolute Gasteiger partial charge is 0.461 e. The summed E-state index contributed by atoms with van der Waals surface area (Å²) in [7, 11) is 0. The maximum absolute atomic E-state index is 11.2. The van der Waals surface area contributed by atoms with Gasteiger partial charge >= 0.3 is 0 Å². The number of carbonyl (C=O) groups excluding carboxylic acids is 2. The molecule has 0 aliphatic rings. The predicted octanol–water partition coefficient (Wildman–Crippen LogP) is -0.783. The van der Waals surface area contributed by atoms with E-state index in [4.69, 9.17) is 10.8 Å². The Morgan fingerprint density at radius 3 is 2.62 bits per heavy atom. The molecule has 0 rings (SSSR count). The average molecular weight is 189 g/mol. The molecule has 1 unspecified atom stereocenters. The highest BCUT2D eigenvalue weighted by atomic mass is 16.5. The Balaban J connectivity index is 4.10. The molecule has 0 heterocycles. The topological polar surface area (TPSA) is 89.6 Å². The molecule has 0 saturated heterocycles. The summed E-state index contributed by atoms with van der Waals surface area (Å²) in [6.45, 7) is 3.10. The molecule has 0 fully saturated rings. The van der Waals surface area contributed by atoms with Crippen molar-refractivity contribution in [2.75, 3.05) is 6.61 Å². The number of ketones is 1. The van der Waals surface area contributed by atoms with E-state index in [2.05, 4.69) is 4.74 Å². The number of aliphatic hydroxyl groups excluding tert-OH is 1. The molecule has 0 aromatic carbocycles. The fourth-order valence-electron chi connectivity index (χ4n) is 0.824. The summed E-state index contributed by atoms with van der Waals surface area (Å²) in [6, 6.07) is -0.894. The molecule has 0 aliphatic carbocycles. The minimum Gasteiger partial charge on any atom is -0.461 e. The van der Waals surface area contributed by atoms with Crippen molar-refractivity contribution in [3.8, 4) is 0 Å². The summed E-state index contributed by atoms with van der Waals surface area (Å²) in [5, 5.41) is 8.58. The SMILES string of the molecule is CC(C)(CC(=O)C(N)CO)OC=O. The molecule has 1 atom stereocenters. The van der Waals surface area contributed by atoms with E-state index in [1.54, 1.807) is 13.8 Å². The van der Waals surface area contributed by atoms with Crippen LogP contribution in [-0.2, 0) is 14.3 Å². The molecule has 0 aromatic heterocycles. The fourth-order valence-corrected chi connectivity index (χ4v) is 0.824. The monoisotopic (exact) mass is 189 g/mol. The first-order valence-electron chi connectivity index (χ1n) is 3.93. The lowest BCUT2D eigenvalue weighted by molar-refractivity contribution is -0.143. The van der Waals surface area contributed by atoms with Gasteiger partial charge in [-0.25, -0.2) is 0 Å². The van der Waals surface area contributed by atoms with E-state index in [-0.39, 0.29) is 18.7 Å². The fraction of sp³-hybridized carbons (Fsp3) is 0.750. The molecule has 3 N–H and O–H groups in total. The third kappa shape index (κ3) is 4.59. The maximum Gasteiger partial charge on any atom is 0.293 e. The van der Waals surface area contributed by atoms with Crippen molar-refractivity contribution < 1.29 is 19.4 Å². The van der Waals surface area contributed by atoms with Crippen LogP contribution in [0.2, 0.25) is 0 Å². The van der Waals surface area contributed by atoms with E-state index in [9.17, 15) is 9.59 Å². The van der Waals surface area contributed by atoms with Crippen molar-refractivity contribution in [2.45, 2.75) is 31.9 Å². The Hall–Kier alpha value is -0.940. The lowest BCUT2D eigenvalue weighted by atomic mass is 9.98. The quantitative estimate of drug-likeness (QED) is 0.535. The first-order chi connectivity index (χ1) is 5.93. The highest BCUT2D eigenvalue weighted by Crippen LogP contribution is 2.14. The summed E-state index contributed by atoms with van der Waals surface area (Å²) in [5.74, 6) is -0.325. The first kappa shape index (κ1) is 12.1. The number of nitrogens with two attached hydrogens (primary N) is 1. The second kappa shape index (κ2) is 4.94. The minimum atomic E-state index is -0.894. The molecule has 0 aliphatic heterocycles. The van der Waals surface area contributed by atoms with Gasteiger partial charge < -0.3 is 15.6 Å². The zero-order valence-electron chi connectivity index (χ0n) is 7.82. The normalized spacial score (nSPS) is 13.5. The Kier molecular flexibility index (Phi) is 4.58. The molecular weight excluding hydrogens is 174 g/mol. The molecule has 13 heavy (non-hydrogen) atoms. The van der Waals surface area contributed by atoms with Gasteiger partial charge in [-0.1, -0.05) is 0 Å². The minimum absolute atomic E-state index is 0.00741. The number of Topliss-reactive ketones (excluding diaryl/α,β-unsaturated/α-hetero) is 1. The van der Waals surface area contributed by atoms with Gasteiger partial charge in [0.15, 0.2) is 5.78 Å². The van der Waals surface area contributed by atoms with Crippen molar-refractivity contribution >= 4 is 12.3 Å². The Morgan fingerprint density at radius 1 is 1.69 bits per heavy atom. The van der Waals surface area contributed by atoms with Crippen LogP contribution in [0.4, 0.5) is 0 Å². The average Bonchev–Trinajstić information content (AvgIpc) is 2.01. The Bertz CT molecular complexity index is 191. The Labute approximate surface area is 76.9 Å². The molecule has 0 amide bonds. The van der Waals surface area contributed by atoms with Crippen LogP contribution in [-0.4, -0.2) is 35.6 Å². The van der Waals surface area contributed by atoms with Crippen molar-refractivity contribution in [1.29, 1.82) is 0 Å². The highest BCUT2D eigenvalue weighted by molar-refractivity contribution is 5.84. The molecule has 0 saturated carbocycles. The second-order valence-electron chi connectivity index (χ2n) is 3.41. The van der Waals surface area contributed by atoms with Gasteiger partial charge in [0.1, 0.15) is 5.60 Å². The zero-order valence-corrected chi connectivity index (χ0v) is 7.82. The van der Waals surface area contributed by atoms with Crippen LogP contribution < -0.4 is 5.73 Å². The number of hydrogen-bond donors (Lipinski definition) is 2. The predicted molar refractivity (Wildman–Crippen MR) is 45.9 cm³/mol. The summed E-state index contributed by atoms with van der Waals surface area (Å²) < 4.78 is 4.66. The van der Waals surface area contributed by atoms with E-state index in [1.165, 1.54) is 0 Å². The van der Waals surface area contributed by atoms with Crippen LogP contribution in [0.3, 0.4) is 0 Å². The van der Waals surface area contributed by atoms with E-state index in [0.29, 0.717) is 0 Å². The first-order valence-corrected chi connectivity index (χ1v) is 3.93. The van der Waals surface area contributed by atoms with Crippen LogP contribution in [0.25, 0.3) is 0 Å². The molecule has 5 nitrogen and oxygen atoms in total. The lowest BCUT2D eigenvalue weighted by Gasteiger charge is -2.22. The number of hydrogen-bond acceptors (Lipinski definition) is 5. The van der Waals surface area contributed by atoms with Gasteiger partial charge in [0.05, 0.1) is 12.6 Å². The Morgan fingerprint density at radius 2 is 2.23 bits per heavy atom. The smallest absolute Gasteiger partial charge is 0.293 e. The number of carbonyl (C=O) groups is 2. The molecule has 76 valence electrons. The van der Waals surface area contributed by atoms with Gasteiger partial charge in [-0.3, -0.25) is 9.59 Å². The van der Waals surface area contributed by atoms with Crippen molar-refractivity contribution in [2.24, 2.45) is 5.73 Å². The number of aliphatic hydroxyl groups is 1. The molecule has 0 aromatic rings. The van der Waals surface area contributed by atoms with Gasteiger partial charge in [0.2, 0.25) is 0 Å². The van der Waals surface area contributed by atoms with Gasteiger partial charge in [-0.2, -0.15) is 0 Å². The lowest BCUT2D eigenvalue weighted by Crippen LogP contribution is -2.39. The molecule has 0 spiro atoms. The van der Waals surface area contributed by atoms with Gasteiger partial charge in [0, 0.05) is 6.42 Å². The molecule has 0 radical (unpaired) electrons. The third-order valence-corrected chi connectivity index (χ3v) is 1.58. The standard InChI is InChI=1S/C8H15NO4/c1-8(2,13-5-11)3-7(12)6(9)4-10/h5-6,10H,3-4,9H2,1-2H3. The van der Waals surface area contributed by atoms with Crippen LogP contribution in [0.5, 0.6) is 0 Å². The van der Waals surface area contributed by atoms with Crippen molar-refractivity contribution in [3.05, 3.63) is 0 Å². The van der Waals surface area contributed by atoms with E-state index >= 15 is 0 Å². The van der Waals surface area contributed by atoms with Gasteiger partial charge in [-0.15, -0.1) is 0 Å². The number of rotatable bonds is 6. The van der Waals surface area contributed by atoms with Crippen LogP contribution in [0, 0.1) is 0 Å². The van der Waals surface area contributed by atoms with Crippen LogP contribution in [0.1, 0.15) is 20.3 Å². The van der Waals surface area contributed by atoms with Crippen molar-refractivity contribution in [3.63, 3.8) is 0 Å². The van der Waals surface area contributed by atoms with Crippen LogP contribution >= 0.6 is 0 Å². The second-order valence-corrected chi connectivity index (χ2v) is 3.41. The van der Waals surface area contributed by atoms with E-state index in [1.807, 2.05) is 0 Å².